The molecule has 0 radical (unpaired) electrons. The van der Waals surface area contributed by atoms with E-state index >= 15 is 0 Å². The summed E-state index contributed by atoms with van der Waals surface area (Å²) in [4.78, 5) is 0. The highest BCUT2D eigenvalue weighted by Gasteiger charge is 2.04. The maximum atomic E-state index is 5.51. The molecule has 0 atom stereocenters. The minimum absolute atomic E-state index is 0.715. The summed E-state index contributed by atoms with van der Waals surface area (Å²) >= 11 is 0. The molecule has 0 fully saturated rings. The first-order valence-electron chi connectivity index (χ1n) is 7.66. The van der Waals surface area contributed by atoms with E-state index in [2.05, 4.69) is 55.5 Å². The number of aryl methyl sites for hydroxylation is 1. The lowest BCUT2D eigenvalue weighted by atomic mass is 9.96. The molecular formula is C19H24O. The molecule has 0 saturated heterocycles. The quantitative estimate of drug-likeness (QED) is 0.604. The van der Waals surface area contributed by atoms with Crippen LogP contribution in [-0.4, -0.2) is 6.61 Å². The van der Waals surface area contributed by atoms with E-state index in [4.69, 9.17) is 4.74 Å². The van der Waals surface area contributed by atoms with Crippen LogP contribution in [0.1, 0.15) is 38.7 Å². The van der Waals surface area contributed by atoms with E-state index in [-0.39, 0.29) is 0 Å². The van der Waals surface area contributed by atoms with Gasteiger partial charge in [-0.2, -0.15) is 0 Å². The lowest BCUT2D eigenvalue weighted by molar-refractivity contribution is 0.340. The zero-order valence-corrected chi connectivity index (χ0v) is 12.6. The van der Waals surface area contributed by atoms with Crippen molar-refractivity contribution in [3.8, 4) is 16.9 Å². The third kappa shape index (κ3) is 3.86. The third-order valence-electron chi connectivity index (χ3n) is 3.54. The van der Waals surface area contributed by atoms with E-state index in [0.717, 1.165) is 12.2 Å². The van der Waals surface area contributed by atoms with Crippen molar-refractivity contribution in [3.05, 3.63) is 54.1 Å². The number of unbranched alkanes of at least 4 members (excludes halogenated alkanes) is 2. The van der Waals surface area contributed by atoms with Crippen molar-refractivity contribution in [1.82, 2.24) is 0 Å². The van der Waals surface area contributed by atoms with Crippen LogP contribution in [0.4, 0.5) is 0 Å². The van der Waals surface area contributed by atoms with E-state index in [0.29, 0.717) is 6.61 Å². The Morgan fingerprint density at radius 3 is 2.30 bits per heavy atom. The third-order valence-corrected chi connectivity index (χ3v) is 3.54. The fourth-order valence-corrected chi connectivity index (χ4v) is 2.48. The topological polar surface area (TPSA) is 9.23 Å². The van der Waals surface area contributed by atoms with Crippen LogP contribution in [0.3, 0.4) is 0 Å². The lowest BCUT2D eigenvalue weighted by Gasteiger charge is -2.10. The smallest absolute Gasteiger partial charge is 0.119 e. The molecule has 0 bridgehead atoms. The second kappa shape index (κ2) is 7.74. The minimum atomic E-state index is 0.715. The van der Waals surface area contributed by atoms with Gasteiger partial charge in [-0.3, -0.25) is 0 Å². The molecule has 0 aliphatic heterocycles. The summed E-state index contributed by atoms with van der Waals surface area (Å²) in [5, 5.41) is 0. The van der Waals surface area contributed by atoms with Crippen LogP contribution >= 0.6 is 0 Å². The first kappa shape index (κ1) is 14.6. The first-order valence-corrected chi connectivity index (χ1v) is 7.66. The van der Waals surface area contributed by atoms with Crippen molar-refractivity contribution in [1.29, 1.82) is 0 Å². The Kier molecular flexibility index (Phi) is 5.67. The van der Waals surface area contributed by atoms with Gasteiger partial charge < -0.3 is 4.74 Å². The van der Waals surface area contributed by atoms with Gasteiger partial charge in [0, 0.05) is 0 Å². The highest BCUT2D eigenvalue weighted by Crippen LogP contribution is 2.27. The first-order chi connectivity index (χ1) is 9.85. The Hall–Kier alpha value is -1.76. The van der Waals surface area contributed by atoms with Crippen molar-refractivity contribution in [2.24, 2.45) is 0 Å². The normalized spacial score (nSPS) is 10.5. The van der Waals surface area contributed by atoms with Gasteiger partial charge in [0.25, 0.3) is 0 Å². The van der Waals surface area contributed by atoms with Gasteiger partial charge in [-0.25, -0.2) is 0 Å². The molecule has 0 heterocycles. The molecule has 20 heavy (non-hydrogen) atoms. The monoisotopic (exact) mass is 268 g/mol. The molecule has 0 N–H and O–H groups in total. The fraction of sp³-hybridized carbons (Fsp3) is 0.368. The number of rotatable bonds is 7. The highest BCUT2D eigenvalue weighted by atomic mass is 16.5. The minimum Gasteiger partial charge on any atom is -0.494 e. The number of hydrogen-bond acceptors (Lipinski definition) is 1. The summed E-state index contributed by atoms with van der Waals surface area (Å²) in [6, 6.07) is 17.2. The van der Waals surface area contributed by atoms with Gasteiger partial charge in [-0.1, -0.05) is 56.2 Å². The van der Waals surface area contributed by atoms with Crippen molar-refractivity contribution >= 4 is 0 Å². The van der Waals surface area contributed by atoms with Gasteiger partial charge in [0.2, 0.25) is 0 Å². The molecular weight excluding hydrogens is 244 g/mol. The van der Waals surface area contributed by atoms with Crippen molar-refractivity contribution < 1.29 is 4.74 Å². The molecule has 2 aromatic carbocycles. The van der Waals surface area contributed by atoms with Crippen LogP contribution in [0.25, 0.3) is 11.1 Å². The van der Waals surface area contributed by atoms with Crippen LogP contribution in [0.2, 0.25) is 0 Å². The molecule has 106 valence electrons. The van der Waals surface area contributed by atoms with Gasteiger partial charge >= 0.3 is 0 Å². The van der Waals surface area contributed by atoms with Gasteiger partial charge in [0.05, 0.1) is 6.61 Å². The van der Waals surface area contributed by atoms with Gasteiger partial charge in [0.15, 0.2) is 0 Å². The molecule has 0 aromatic heterocycles. The van der Waals surface area contributed by atoms with Crippen LogP contribution in [0, 0.1) is 0 Å². The van der Waals surface area contributed by atoms with Gasteiger partial charge in [0.1, 0.15) is 5.75 Å². The Bertz CT molecular complexity index is 514. The van der Waals surface area contributed by atoms with E-state index in [9.17, 15) is 0 Å². The van der Waals surface area contributed by atoms with Crippen molar-refractivity contribution in [2.45, 2.75) is 39.5 Å². The summed E-state index contributed by atoms with van der Waals surface area (Å²) in [5.74, 6) is 0.944. The molecule has 1 heteroatoms. The SMILES string of the molecule is CCCCCc1ccccc1-c1ccc(OCC)cc1. The molecule has 2 rings (SSSR count). The zero-order chi connectivity index (χ0) is 14.2. The van der Waals surface area contributed by atoms with Crippen LogP contribution < -0.4 is 4.74 Å². The second-order valence-electron chi connectivity index (χ2n) is 5.07. The maximum absolute atomic E-state index is 5.51. The summed E-state index contributed by atoms with van der Waals surface area (Å²) < 4.78 is 5.51. The largest absolute Gasteiger partial charge is 0.494 e. The average Bonchev–Trinajstić information content (AvgIpc) is 2.49. The van der Waals surface area contributed by atoms with Crippen LogP contribution in [0.15, 0.2) is 48.5 Å². The van der Waals surface area contributed by atoms with Crippen molar-refractivity contribution in [3.63, 3.8) is 0 Å². The Morgan fingerprint density at radius 2 is 1.60 bits per heavy atom. The predicted molar refractivity (Wildman–Crippen MR) is 86.3 cm³/mol. The lowest BCUT2D eigenvalue weighted by Crippen LogP contribution is -1.92. The Balaban J connectivity index is 2.18. The number of benzene rings is 2. The predicted octanol–water partition coefficient (Wildman–Crippen LogP) is 5.49. The molecule has 0 aliphatic carbocycles. The summed E-state index contributed by atoms with van der Waals surface area (Å²) in [6.45, 7) is 4.97. The molecule has 2 aromatic rings. The highest BCUT2D eigenvalue weighted by molar-refractivity contribution is 5.68. The zero-order valence-electron chi connectivity index (χ0n) is 12.6. The molecule has 0 saturated carbocycles. The van der Waals surface area contributed by atoms with E-state index in [1.165, 1.54) is 36.0 Å². The Morgan fingerprint density at radius 1 is 0.850 bits per heavy atom. The summed E-state index contributed by atoms with van der Waals surface area (Å²) in [6.07, 6.45) is 5.00. The van der Waals surface area contributed by atoms with Crippen LogP contribution in [-0.2, 0) is 6.42 Å². The molecule has 1 nitrogen and oxygen atoms in total. The average molecular weight is 268 g/mol. The number of hydrogen-bond donors (Lipinski definition) is 0. The molecule has 0 unspecified atom stereocenters. The summed E-state index contributed by atoms with van der Waals surface area (Å²) in [7, 11) is 0. The van der Waals surface area contributed by atoms with Gasteiger partial charge in [-0.15, -0.1) is 0 Å². The maximum Gasteiger partial charge on any atom is 0.119 e. The van der Waals surface area contributed by atoms with E-state index in [1.54, 1.807) is 0 Å². The number of ether oxygens (including phenoxy) is 1. The molecule has 0 spiro atoms. The summed E-state index contributed by atoms with van der Waals surface area (Å²) in [5.41, 5.74) is 4.08. The van der Waals surface area contributed by atoms with E-state index in [1.807, 2.05) is 6.92 Å². The second-order valence-corrected chi connectivity index (χ2v) is 5.07. The Labute approximate surface area is 122 Å². The fourth-order valence-electron chi connectivity index (χ4n) is 2.48. The molecule has 0 amide bonds. The molecule has 0 aliphatic rings. The van der Waals surface area contributed by atoms with E-state index < -0.39 is 0 Å². The van der Waals surface area contributed by atoms with Crippen LogP contribution in [0.5, 0.6) is 5.75 Å². The van der Waals surface area contributed by atoms with Crippen molar-refractivity contribution in [2.75, 3.05) is 6.61 Å². The standard InChI is InChI=1S/C19H24O/c1-3-5-6-9-16-10-7-8-11-19(16)17-12-14-18(15-13-17)20-4-2/h7-8,10-15H,3-6,9H2,1-2H3. The van der Waals surface area contributed by atoms with Gasteiger partial charge in [-0.05, 0) is 48.6 Å².